The summed E-state index contributed by atoms with van der Waals surface area (Å²) < 4.78 is 0. The minimum absolute atomic E-state index is 0.0619. The smallest absolute Gasteiger partial charge is 0.337 e. The lowest BCUT2D eigenvalue weighted by molar-refractivity contribution is -0.122. The number of benzene rings is 1. The highest BCUT2D eigenvalue weighted by Gasteiger charge is 2.14. The van der Waals surface area contributed by atoms with Crippen molar-refractivity contribution < 1.29 is 24.6 Å². The Morgan fingerprint density at radius 3 is 2.04 bits per heavy atom. The molecule has 1 aromatic carbocycles. The maximum atomic E-state index is 11.9. The molecule has 0 saturated heterocycles. The van der Waals surface area contributed by atoms with Gasteiger partial charge in [0.1, 0.15) is 0 Å². The molecule has 0 saturated carbocycles. The van der Waals surface area contributed by atoms with Crippen molar-refractivity contribution in [2.75, 3.05) is 14.1 Å². The van der Waals surface area contributed by atoms with E-state index >= 15 is 0 Å². The van der Waals surface area contributed by atoms with Crippen LogP contribution in [-0.4, -0.2) is 52.5 Å². The van der Waals surface area contributed by atoms with Crippen LogP contribution in [0, 0.1) is 13.8 Å². The summed E-state index contributed by atoms with van der Waals surface area (Å²) in [6.07, 6.45) is 0. The van der Waals surface area contributed by atoms with Crippen molar-refractivity contribution in [2.24, 2.45) is 0 Å². The van der Waals surface area contributed by atoms with Crippen molar-refractivity contribution in [3.05, 3.63) is 52.7 Å². The van der Waals surface area contributed by atoms with E-state index in [2.05, 4.69) is 4.98 Å². The number of carboxylic acid groups (broad SMARTS) is 2. The fourth-order valence-electron chi connectivity index (χ4n) is 2.34. The summed E-state index contributed by atoms with van der Waals surface area (Å²) in [6, 6.07) is 8.88. The minimum atomic E-state index is -0.971. The zero-order valence-corrected chi connectivity index (χ0v) is 14.5. The number of hydrogen-bond donors (Lipinski definition) is 2. The first-order valence-electron chi connectivity index (χ1n) is 7.34. The van der Waals surface area contributed by atoms with Crippen molar-refractivity contribution >= 4 is 18.3 Å². The lowest BCUT2D eigenvalue weighted by Gasteiger charge is -2.11. The number of aryl methyl sites for hydroxylation is 2. The molecule has 0 aliphatic carbocycles. The highest BCUT2D eigenvalue weighted by atomic mass is 16.4. The Morgan fingerprint density at radius 2 is 1.64 bits per heavy atom. The Kier molecular flexibility index (Phi) is 6.81. The molecule has 0 fully saturated rings. The molecule has 7 heteroatoms. The van der Waals surface area contributed by atoms with Gasteiger partial charge in [-0.05, 0) is 37.6 Å². The van der Waals surface area contributed by atoms with E-state index in [9.17, 15) is 14.7 Å². The van der Waals surface area contributed by atoms with Gasteiger partial charge in [0.15, 0.2) is 0 Å². The number of nitrogens with zero attached hydrogens (tertiary/aromatic N) is 2. The summed E-state index contributed by atoms with van der Waals surface area (Å²) in [5.41, 5.74) is 3.54. The maximum absolute atomic E-state index is 11.9. The van der Waals surface area contributed by atoms with Crippen LogP contribution in [0.5, 0.6) is 0 Å². The summed E-state index contributed by atoms with van der Waals surface area (Å²) in [6.45, 7) is 3.19. The van der Waals surface area contributed by atoms with Gasteiger partial charge in [-0.2, -0.15) is 0 Å². The molecule has 2 rings (SSSR count). The molecular formula is C18H20N2O5. The maximum Gasteiger partial charge on any atom is 0.337 e. The van der Waals surface area contributed by atoms with Gasteiger partial charge in [0.2, 0.25) is 0 Å². The molecule has 132 valence electrons. The number of carboxylic acids is 1. The van der Waals surface area contributed by atoms with Crippen LogP contribution in [0.4, 0.5) is 0 Å². The standard InChI is InChI=1S/C17H18N2O3.CH2O2/c1-10-9-14(18-11(2)15(10)17(21)22)12-5-7-13(8-6-12)16(20)19(3)4;2-1-3/h5-9H,1-4H3,(H,21,22);1H,(H,2,3). The van der Waals surface area contributed by atoms with Gasteiger partial charge < -0.3 is 15.1 Å². The minimum Gasteiger partial charge on any atom is -0.483 e. The lowest BCUT2D eigenvalue weighted by atomic mass is 10.0. The number of carbonyl (C=O) groups excluding carboxylic acids is 1. The second-order valence-corrected chi connectivity index (χ2v) is 5.47. The zero-order chi connectivity index (χ0) is 19.1. The summed E-state index contributed by atoms with van der Waals surface area (Å²) in [7, 11) is 3.41. The van der Waals surface area contributed by atoms with Crippen LogP contribution in [0.2, 0.25) is 0 Å². The van der Waals surface area contributed by atoms with Gasteiger partial charge in [-0.25, -0.2) is 4.79 Å². The SMILES string of the molecule is Cc1cc(-c2ccc(C(=O)N(C)C)cc2)nc(C)c1C(=O)O.O=CO. The van der Waals surface area contributed by atoms with E-state index in [0.29, 0.717) is 22.5 Å². The van der Waals surface area contributed by atoms with E-state index in [1.54, 1.807) is 46.1 Å². The Morgan fingerprint density at radius 1 is 1.12 bits per heavy atom. The topological polar surface area (TPSA) is 108 Å². The van der Waals surface area contributed by atoms with Gasteiger partial charge in [0.25, 0.3) is 12.4 Å². The van der Waals surface area contributed by atoms with Crippen LogP contribution in [-0.2, 0) is 4.79 Å². The third-order valence-electron chi connectivity index (χ3n) is 3.45. The highest BCUT2D eigenvalue weighted by Crippen LogP contribution is 2.23. The van der Waals surface area contributed by atoms with Crippen molar-refractivity contribution in [1.82, 2.24) is 9.88 Å². The molecule has 0 spiro atoms. The molecule has 0 atom stereocenters. The fourth-order valence-corrected chi connectivity index (χ4v) is 2.34. The number of aromatic nitrogens is 1. The molecular weight excluding hydrogens is 324 g/mol. The number of rotatable bonds is 3. The summed E-state index contributed by atoms with van der Waals surface area (Å²) in [5, 5.41) is 16.1. The quantitative estimate of drug-likeness (QED) is 0.828. The largest absolute Gasteiger partial charge is 0.483 e. The van der Waals surface area contributed by atoms with E-state index in [0.717, 1.165) is 5.56 Å². The number of pyridine rings is 1. The number of aromatic carboxylic acids is 1. The third-order valence-corrected chi connectivity index (χ3v) is 3.45. The van der Waals surface area contributed by atoms with Gasteiger partial charge in [0.05, 0.1) is 17.0 Å². The molecule has 1 aromatic heterocycles. The second kappa shape index (κ2) is 8.58. The Labute approximate surface area is 145 Å². The molecule has 2 N–H and O–H groups in total. The summed E-state index contributed by atoms with van der Waals surface area (Å²) in [4.78, 5) is 37.3. The van der Waals surface area contributed by atoms with Crippen molar-refractivity contribution in [2.45, 2.75) is 13.8 Å². The van der Waals surface area contributed by atoms with Crippen LogP contribution in [0.3, 0.4) is 0 Å². The number of hydrogen-bond acceptors (Lipinski definition) is 4. The van der Waals surface area contributed by atoms with Gasteiger partial charge in [-0.15, -0.1) is 0 Å². The second-order valence-electron chi connectivity index (χ2n) is 5.47. The van der Waals surface area contributed by atoms with Gasteiger partial charge >= 0.3 is 5.97 Å². The number of amides is 1. The van der Waals surface area contributed by atoms with E-state index in [1.165, 1.54) is 4.90 Å². The van der Waals surface area contributed by atoms with Crippen LogP contribution in [0.25, 0.3) is 11.3 Å². The van der Waals surface area contributed by atoms with E-state index in [1.807, 2.05) is 12.1 Å². The zero-order valence-electron chi connectivity index (χ0n) is 14.5. The molecule has 0 unspecified atom stereocenters. The fraction of sp³-hybridized carbons (Fsp3) is 0.222. The molecule has 7 nitrogen and oxygen atoms in total. The average Bonchev–Trinajstić information content (AvgIpc) is 2.54. The van der Waals surface area contributed by atoms with Crippen LogP contribution in [0.1, 0.15) is 32.0 Å². The van der Waals surface area contributed by atoms with Crippen molar-refractivity contribution in [1.29, 1.82) is 0 Å². The number of carbonyl (C=O) groups is 3. The molecule has 2 aromatic rings. The molecule has 25 heavy (non-hydrogen) atoms. The predicted molar refractivity (Wildman–Crippen MR) is 92.8 cm³/mol. The van der Waals surface area contributed by atoms with Crippen LogP contribution < -0.4 is 0 Å². The van der Waals surface area contributed by atoms with Crippen LogP contribution >= 0.6 is 0 Å². The monoisotopic (exact) mass is 344 g/mol. The summed E-state index contributed by atoms with van der Waals surface area (Å²) >= 11 is 0. The van der Waals surface area contributed by atoms with E-state index in [4.69, 9.17) is 9.90 Å². The van der Waals surface area contributed by atoms with E-state index < -0.39 is 5.97 Å². The summed E-state index contributed by atoms with van der Waals surface area (Å²) in [5.74, 6) is -1.03. The van der Waals surface area contributed by atoms with Crippen LogP contribution in [0.15, 0.2) is 30.3 Å². The third kappa shape index (κ3) is 4.87. The van der Waals surface area contributed by atoms with E-state index in [-0.39, 0.29) is 17.9 Å². The molecule has 0 bridgehead atoms. The first-order chi connectivity index (χ1) is 11.7. The van der Waals surface area contributed by atoms with Crippen molar-refractivity contribution in [3.8, 4) is 11.3 Å². The Bertz CT molecular complexity index is 760. The molecule has 0 radical (unpaired) electrons. The highest BCUT2D eigenvalue weighted by molar-refractivity contribution is 5.94. The van der Waals surface area contributed by atoms with Crippen molar-refractivity contribution in [3.63, 3.8) is 0 Å². The first kappa shape index (κ1) is 19.8. The molecule has 1 heterocycles. The molecule has 0 aliphatic heterocycles. The Balaban J connectivity index is 0.000000970. The Hall–Kier alpha value is -3.22. The predicted octanol–water partition coefficient (Wildman–Crippen LogP) is 2.47. The molecule has 0 aliphatic rings. The lowest BCUT2D eigenvalue weighted by Crippen LogP contribution is -2.21. The van der Waals surface area contributed by atoms with Gasteiger partial charge in [-0.1, -0.05) is 12.1 Å². The average molecular weight is 344 g/mol. The van der Waals surface area contributed by atoms with Gasteiger partial charge in [-0.3, -0.25) is 14.6 Å². The van der Waals surface area contributed by atoms with Gasteiger partial charge in [0, 0.05) is 25.2 Å². The molecule has 1 amide bonds. The first-order valence-corrected chi connectivity index (χ1v) is 7.34. The normalized spacial score (nSPS) is 9.60.